The minimum atomic E-state index is -0.552. The molecule has 15 heavy (non-hydrogen) atoms. The maximum absolute atomic E-state index is 11.3. The van der Waals surface area contributed by atoms with E-state index in [9.17, 15) is 14.7 Å². The molecule has 1 aromatic rings. The van der Waals surface area contributed by atoms with Gasteiger partial charge >= 0.3 is 5.69 Å². The van der Waals surface area contributed by atoms with Gasteiger partial charge in [0.1, 0.15) is 0 Å². The molecule has 0 aliphatic carbocycles. The van der Waals surface area contributed by atoms with Crippen molar-refractivity contribution in [1.29, 1.82) is 0 Å². The largest absolute Gasteiger partial charge is 0.494 e. The quantitative estimate of drug-likeness (QED) is 0.730. The fraction of sp³-hybridized carbons (Fsp3) is 0.556. The van der Waals surface area contributed by atoms with Crippen LogP contribution in [0.15, 0.2) is 9.59 Å². The molecule has 0 spiro atoms. The Morgan fingerprint density at radius 3 is 2.73 bits per heavy atom. The molecule has 5 nitrogen and oxygen atoms in total. The lowest BCUT2D eigenvalue weighted by molar-refractivity contribution is 0.394. The Morgan fingerprint density at radius 1 is 1.47 bits per heavy atom. The fourth-order valence-electron chi connectivity index (χ4n) is 1.23. The third-order valence-corrected chi connectivity index (χ3v) is 2.82. The van der Waals surface area contributed by atoms with Crippen molar-refractivity contribution < 1.29 is 5.11 Å². The van der Waals surface area contributed by atoms with Crippen LogP contribution in [0.2, 0.25) is 0 Å². The summed E-state index contributed by atoms with van der Waals surface area (Å²) in [6, 6.07) is 0. The molecule has 84 valence electrons. The van der Waals surface area contributed by atoms with Gasteiger partial charge in [0.05, 0.1) is 5.56 Å². The van der Waals surface area contributed by atoms with E-state index >= 15 is 0 Å². The molecule has 0 aliphatic heterocycles. The lowest BCUT2D eigenvalue weighted by Crippen LogP contribution is -2.31. The van der Waals surface area contributed by atoms with Gasteiger partial charge in [0, 0.05) is 6.54 Å². The first-order chi connectivity index (χ1) is 7.07. The molecule has 0 unspecified atom stereocenters. The summed E-state index contributed by atoms with van der Waals surface area (Å²) < 4.78 is 1.19. The number of aromatic hydroxyl groups is 1. The van der Waals surface area contributed by atoms with Crippen LogP contribution in [0.3, 0.4) is 0 Å². The molecule has 0 radical (unpaired) electrons. The number of H-pyrrole nitrogens is 1. The number of aromatic nitrogens is 2. The van der Waals surface area contributed by atoms with E-state index < -0.39 is 11.2 Å². The summed E-state index contributed by atoms with van der Waals surface area (Å²) in [6.07, 6.45) is 2.75. The Labute approximate surface area is 91.1 Å². The first-order valence-corrected chi connectivity index (χ1v) is 5.99. The van der Waals surface area contributed by atoms with Crippen LogP contribution in [0, 0.1) is 6.92 Å². The topological polar surface area (TPSA) is 75.1 Å². The van der Waals surface area contributed by atoms with E-state index in [1.165, 1.54) is 11.5 Å². The van der Waals surface area contributed by atoms with Gasteiger partial charge in [0.15, 0.2) is 0 Å². The molecule has 0 aliphatic rings. The van der Waals surface area contributed by atoms with Gasteiger partial charge in [0.2, 0.25) is 5.88 Å². The molecule has 1 heterocycles. The predicted octanol–water partition coefficient (Wildman–Crippen LogP) is 0.304. The normalized spacial score (nSPS) is 10.5. The number of nitrogens with one attached hydrogen (secondary N) is 1. The molecule has 0 saturated heterocycles. The van der Waals surface area contributed by atoms with E-state index in [4.69, 9.17) is 0 Å². The van der Waals surface area contributed by atoms with Crippen LogP contribution in [-0.2, 0) is 6.54 Å². The summed E-state index contributed by atoms with van der Waals surface area (Å²) in [5, 5.41) is 9.59. The standard InChI is InChI=1S/C9H14N2O3S/c1-6-7(12)10-9(14)11(8(6)13)4-3-5-15-2/h13H,3-5H2,1-2H3,(H,10,12,14). The highest BCUT2D eigenvalue weighted by Crippen LogP contribution is 2.09. The van der Waals surface area contributed by atoms with E-state index in [-0.39, 0.29) is 11.4 Å². The van der Waals surface area contributed by atoms with E-state index in [2.05, 4.69) is 4.98 Å². The predicted molar refractivity (Wildman–Crippen MR) is 60.7 cm³/mol. The SMILES string of the molecule is CSCCCn1c(O)c(C)c(=O)[nH]c1=O. The zero-order chi connectivity index (χ0) is 11.4. The molecule has 0 atom stereocenters. The summed E-state index contributed by atoms with van der Waals surface area (Å²) in [5.41, 5.74) is -0.901. The van der Waals surface area contributed by atoms with Crippen LogP contribution in [-0.4, -0.2) is 26.7 Å². The summed E-state index contributed by atoms with van der Waals surface area (Å²) in [4.78, 5) is 24.6. The zero-order valence-corrected chi connectivity index (χ0v) is 9.56. The van der Waals surface area contributed by atoms with E-state index in [1.807, 2.05) is 6.26 Å². The van der Waals surface area contributed by atoms with Crippen LogP contribution >= 0.6 is 11.8 Å². The lowest BCUT2D eigenvalue weighted by Gasteiger charge is -2.08. The van der Waals surface area contributed by atoms with E-state index in [0.29, 0.717) is 6.54 Å². The molecule has 6 heteroatoms. The second-order valence-corrected chi connectivity index (χ2v) is 4.19. The van der Waals surface area contributed by atoms with Crippen molar-refractivity contribution in [2.75, 3.05) is 12.0 Å². The first-order valence-electron chi connectivity index (χ1n) is 4.59. The third-order valence-electron chi connectivity index (χ3n) is 2.13. The highest BCUT2D eigenvalue weighted by molar-refractivity contribution is 7.98. The van der Waals surface area contributed by atoms with Crippen molar-refractivity contribution >= 4 is 11.8 Å². The van der Waals surface area contributed by atoms with Gasteiger partial charge in [-0.05, 0) is 25.4 Å². The highest BCUT2D eigenvalue weighted by atomic mass is 32.2. The Kier molecular flexibility index (Phi) is 4.02. The lowest BCUT2D eigenvalue weighted by atomic mass is 10.3. The van der Waals surface area contributed by atoms with Gasteiger partial charge in [-0.15, -0.1) is 0 Å². The number of aromatic amines is 1. The van der Waals surface area contributed by atoms with Gasteiger partial charge in [-0.1, -0.05) is 0 Å². The highest BCUT2D eigenvalue weighted by Gasteiger charge is 2.09. The molecule has 1 aromatic heterocycles. The number of hydrogen-bond donors (Lipinski definition) is 2. The minimum Gasteiger partial charge on any atom is -0.494 e. The molecule has 0 bridgehead atoms. The second kappa shape index (κ2) is 5.06. The number of thioether (sulfide) groups is 1. The van der Waals surface area contributed by atoms with E-state index in [1.54, 1.807) is 11.8 Å². The van der Waals surface area contributed by atoms with E-state index in [0.717, 1.165) is 12.2 Å². The van der Waals surface area contributed by atoms with Crippen molar-refractivity contribution in [1.82, 2.24) is 9.55 Å². The molecule has 0 amide bonds. The molecule has 0 aromatic carbocycles. The van der Waals surface area contributed by atoms with Crippen molar-refractivity contribution in [3.63, 3.8) is 0 Å². The van der Waals surface area contributed by atoms with Crippen LogP contribution in [0.5, 0.6) is 5.88 Å². The van der Waals surface area contributed by atoms with Crippen molar-refractivity contribution in [3.05, 3.63) is 26.4 Å². The van der Waals surface area contributed by atoms with Crippen LogP contribution in [0.25, 0.3) is 0 Å². The monoisotopic (exact) mass is 230 g/mol. The fourth-order valence-corrected chi connectivity index (χ4v) is 1.65. The summed E-state index contributed by atoms with van der Waals surface area (Å²) in [7, 11) is 0. The summed E-state index contributed by atoms with van der Waals surface area (Å²) >= 11 is 1.67. The zero-order valence-electron chi connectivity index (χ0n) is 8.74. The van der Waals surface area contributed by atoms with Crippen LogP contribution in [0.4, 0.5) is 0 Å². The second-order valence-electron chi connectivity index (χ2n) is 3.21. The third kappa shape index (κ3) is 2.65. The Balaban J connectivity index is 3.02. The maximum atomic E-state index is 11.3. The van der Waals surface area contributed by atoms with Crippen molar-refractivity contribution in [3.8, 4) is 5.88 Å². The van der Waals surface area contributed by atoms with Gasteiger partial charge in [0.25, 0.3) is 5.56 Å². The number of nitrogens with zero attached hydrogens (tertiary/aromatic N) is 1. The maximum Gasteiger partial charge on any atom is 0.331 e. The molecular formula is C9H14N2O3S. The van der Waals surface area contributed by atoms with Gasteiger partial charge in [-0.3, -0.25) is 14.3 Å². The minimum absolute atomic E-state index is 0.179. The molecular weight excluding hydrogens is 216 g/mol. The van der Waals surface area contributed by atoms with Crippen molar-refractivity contribution in [2.45, 2.75) is 19.9 Å². The molecule has 0 fully saturated rings. The number of hydrogen-bond acceptors (Lipinski definition) is 4. The molecule has 2 N–H and O–H groups in total. The number of rotatable bonds is 4. The molecule has 1 rings (SSSR count). The molecule has 0 saturated carbocycles. The summed E-state index contributed by atoms with van der Waals surface area (Å²) in [5.74, 6) is 0.675. The Morgan fingerprint density at radius 2 is 2.13 bits per heavy atom. The van der Waals surface area contributed by atoms with Crippen LogP contribution in [0.1, 0.15) is 12.0 Å². The summed E-state index contributed by atoms with van der Waals surface area (Å²) in [6.45, 7) is 1.90. The first kappa shape index (κ1) is 11.9. The Bertz CT molecular complexity index is 450. The smallest absolute Gasteiger partial charge is 0.331 e. The van der Waals surface area contributed by atoms with Gasteiger partial charge < -0.3 is 5.11 Å². The van der Waals surface area contributed by atoms with Gasteiger partial charge in [-0.2, -0.15) is 11.8 Å². The van der Waals surface area contributed by atoms with Gasteiger partial charge in [-0.25, -0.2) is 4.79 Å². The average molecular weight is 230 g/mol. The van der Waals surface area contributed by atoms with Crippen molar-refractivity contribution in [2.24, 2.45) is 0 Å². The Hall–Kier alpha value is -1.17. The average Bonchev–Trinajstić information content (AvgIpc) is 2.20. The van der Waals surface area contributed by atoms with Crippen LogP contribution < -0.4 is 11.2 Å².